The first-order valence-electron chi connectivity index (χ1n) is 5.53. The van der Waals surface area contributed by atoms with Gasteiger partial charge in [-0.15, -0.1) is 0 Å². The minimum Gasteiger partial charge on any atom is -0.508 e. The Morgan fingerprint density at radius 1 is 1.11 bits per heavy atom. The summed E-state index contributed by atoms with van der Waals surface area (Å²) in [6, 6.07) is 12.1. The van der Waals surface area contributed by atoms with Crippen LogP contribution in [0.5, 0.6) is 17.2 Å². The molecule has 0 aliphatic rings. The number of benzene rings is 2. The molecule has 94 valence electrons. The quantitative estimate of drug-likeness (QED) is 0.812. The van der Waals surface area contributed by atoms with Gasteiger partial charge in [0, 0.05) is 11.8 Å². The van der Waals surface area contributed by atoms with Gasteiger partial charge in [0.1, 0.15) is 12.4 Å². The normalized spacial score (nSPS) is 10.1. The van der Waals surface area contributed by atoms with E-state index < -0.39 is 0 Å². The van der Waals surface area contributed by atoms with Gasteiger partial charge in [-0.25, -0.2) is 0 Å². The van der Waals surface area contributed by atoms with Crippen LogP contribution in [0.4, 0.5) is 5.69 Å². The van der Waals surface area contributed by atoms with E-state index in [1.165, 1.54) is 0 Å². The highest BCUT2D eigenvalue weighted by atomic mass is 16.5. The number of phenolic OH excluding ortho intramolecular Hbond substituents is 1. The number of hydrogen-bond donors (Lipinski definition) is 2. The molecule has 0 saturated heterocycles. The second kappa shape index (κ2) is 5.31. The molecule has 2 aromatic rings. The third-order valence-corrected chi connectivity index (χ3v) is 2.49. The maximum absolute atomic E-state index is 9.35. The van der Waals surface area contributed by atoms with Crippen molar-refractivity contribution in [2.75, 3.05) is 12.8 Å². The van der Waals surface area contributed by atoms with E-state index in [0.29, 0.717) is 23.8 Å². The molecule has 0 aliphatic heterocycles. The summed E-state index contributed by atoms with van der Waals surface area (Å²) in [5.74, 6) is 1.44. The molecule has 0 fully saturated rings. The average molecular weight is 245 g/mol. The van der Waals surface area contributed by atoms with Gasteiger partial charge >= 0.3 is 0 Å². The fourth-order valence-corrected chi connectivity index (χ4v) is 1.61. The van der Waals surface area contributed by atoms with Crippen molar-refractivity contribution >= 4 is 5.69 Å². The van der Waals surface area contributed by atoms with E-state index in [-0.39, 0.29) is 5.75 Å². The van der Waals surface area contributed by atoms with Gasteiger partial charge in [0.2, 0.25) is 0 Å². The maximum Gasteiger partial charge on any atom is 0.162 e. The number of rotatable bonds is 4. The van der Waals surface area contributed by atoms with Crippen molar-refractivity contribution < 1.29 is 14.6 Å². The third kappa shape index (κ3) is 2.85. The molecule has 0 heterocycles. The van der Waals surface area contributed by atoms with Crippen LogP contribution in [0, 0.1) is 0 Å². The summed E-state index contributed by atoms with van der Waals surface area (Å²) in [5.41, 5.74) is 7.17. The number of nitrogen functional groups attached to an aromatic ring is 1. The molecule has 0 spiro atoms. The summed E-state index contributed by atoms with van der Waals surface area (Å²) in [6.07, 6.45) is 0. The molecule has 0 aliphatic carbocycles. The van der Waals surface area contributed by atoms with Crippen LogP contribution in [-0.2, 0) is 6.61 Å². The monoisotopic (exact) mass is 245 g/mol. The molecular weight excluding hydrogens is 230 g/mol. The van der Waals surface area contributed by atoms with Crippen LogP contribution >= 0.6 is 0 Å². The predicted molar refractivity (Wildman–Crippen MR) is 69.8 cm³/mol. The van der Waals surface area contributed by atoms with Crippen LogP contribution < -0.4 is 15.2 Å². The highest BCUT2D eigenvalue weighted by Crippen LogP contribution is 2.29. The van der Waals surface area contributed by atoms with Gasteiger partial charge in [-0.05, 0) is 29.8 Å². The Morgan fingerprint density at radius 3 is 2.67 bits per heavy atom. The summed E-state index contributed by atoms with van der Waals surface area (Å²) in [7, 11) is 1.57. The fourth-order valence-electron chi connectivity index (χ4n) is 1.61. The smallest absolute Gasteiger partial charge is 0.162 e. The Balaban J connectivity index is 2.10. The molecule has 4 nitrogen and oxygen atoms in total. The topological polar surface area (TPSA) is 64.7 Å². The van der Waals surface area contributed by atoms with Gasteiger partial charge in [0.25, 0.3) is 0 Å². The largest absolute Gasteiger partial charge is 0.508 e. The van der Waals surface area contributed by atoms with E-state index in [1.807, 2.05) is 6.07 Å². The predicted octanol–water partition coefficient (Wildman–Crippen LogP) is 2.56. The Kier molecular flexibility index (Phi) is 3.57. The molecule has 0 saturated carbocycles. The molecule has 2 rings (SSSR count). The van der Waals surface area contributed by atoms with E-state index in [0.717, 1.165) is 5.56 Å². The molecule has 2 aromatic carbocycles. The minimum atomic E-state index is 0.223. The molecule has 3 N–H and O–H groups in total. The zero-order chi connectivity index (χ0) is 13.0. The lowest BCUT2D eigenvalue weighted by molar-refractivity contribution is 0.284. The van der Waals surface area contributed by atoms with Gasteiger partial charge in [-0.1, -0.05) is 12.1 Å². The molecule has 0 atom stereocenters. The van der Waals surface area contributed by atoms with Gasteiger partial charge in [0.05, 0.1) is 7.11 Å². The second-order valence-electron chi connectivity index (χ2n) is 3.87. The molecular formula is C14H15NO3. The van der Waals surface area contributed by atoms with Crippen LogP contribution in [0.1, 0.15) is 5.56 Å². The van der Waals surface area contributed by atoms with Crippen LogP contribution in [0.2, 0.25) is 0 Å². The molecule has 0 radical (unpaired) electrons. The fraction of sp³-hybridized carbons (Fsp3) is 0.143. The first kappa shape index (κ1) is 12.1. The van der Waals surface area contributed by atoms with Gasteiger partial charge < -0.3 is 20.3 Å². The Labute approximate surface area is 106 Å². The number of ether oxygens (including phenoxy) is 2. The highest BCUT2D eigenvalue weighted by Gasteiger charge is 2.05. The zero-order valence-electron chi connectivity index (χ0n) is 10.1. The number of nitrogens with two attached hydrogens (primary N) is 1. The summed E-state index contributed by atoms with van der Waals surface area (Å²) in [4.78, 5) is 0. The minimum absolute atomic E-state index is 0.223. The molecule has 18 heavy (non-hydrogen) atoms. The van der Waals surface area contributed by atoms with E-state index >= 15 is 0 Å². The van der Waals surface area contributed by atoms with Crippen LogP contribution in [-0.4, -0.2) is 12.2 Å². The molecule has 0 bridgehead atoms. The standard InChI is InChI=1S/C14H15NO3/c1-17-14-8-11(15)5-6-13(14)18-9-10-3-2-4-12(16)7-10/h2-8,16H,9,15H2,1H3. The van der Waals surface area contributed by atoms with Gasteiger partial charge in [0.15, 0.2) is 11.5 Å². The first-order chi connectivity index (χ1) is 8.69. The average Bonchev–Trinajstić information content (AvgIpc) is 2.37. The SMILES string of the molecule is COc1cc(N)ccc1OCc1cccc(O)c1. The number of aromatic hydroxyl groups is 1. The van der Waals surface area contributed by atoms with Gasteiger partial charge in [-0.3, -0.25) is 0 Å². The van der Waals surface area contributed by atoms with Crippen LogP contribution in [0.15, 0.2) is 42.5 Å². The van der Waals surface area contributed by atoms with E-state index in [9.17, 15) is 5.11 Å². The van der Waals surface area contributed by atoms with E-state index in [2.05, 4.69) is 0 Å². The van der Waals surface area contributed by atoms with Crippen LogP contribution in [0.25, 0.3) is 0 Å². The number of methoxy groups -OCH3 is 1. The Hall–Kier alpha value is -2.36. The Bertz CT molecular complexity index is 540. The first-order valence-corrected chi connectivity index (χ1v) is 5.53. The summed E-state index contributed by atoms with van der Waals surface area (Å²) in [5, 5.41) is 9.35. The van der Waals surface area contributed by atoms with E-state index in [1.54, 1.807) is 43.5 Å². The zero-order valence-corrected chi connectivity index (χ0v) is 10.1. The van der Waals surface area contributed by atoms with Crippen molar-refractivity contribution in [3.05, 3.63) is 48.0 Å². The molecule has 4 heteroatoms. The second-order valence-corrected chi connectivity index (χ2v) is 3.87. The maximum atomic E-state index is 9.35. The lowest BCUT2D eigenvalue weighted by atomic mass is 10.2. The number of anilines is 1. The molecule has 0 amide bonds. The van der Waals surface area contributed by atoms with Crippen molar-refractivity contribution in [2.45, 2.75) is 6.61 Å². The number of hydrogen-bond acceptors (Lipinski definition) is 4. The van der Waals surface area contributed by atoms with Gasteiger partial charge in [-0.2, -0.15) is 0 Å². The van der Waals surface area contributed by atoms with Crippen molar-refractivity contribution in [1.82, 2.24) is 0 Å². The highest BCUT2D eigenvalue weighted by molar-refractivity contribution is 5.52. The summed E-state index contributed by atoms with van der Waals surface area (Å²) < 4.78 is 10.8. The summed E-state index contributed by atoms with van der Waals surface area (Å²) >= 11 is 0. The lowest BCUT2D eigenvalue weighted by Gasteiger charge is -2.11. The Morgan fingerprint density at radius 2 is 1.94 bits per heavy atom. The third-order valence-electron chi connectivity index (χ3n) is 2.49. The van der Waals surface area contributed by atoms with Crippen molar-refractivity contribution in [3.8, 4) is 17.2 Å². The van der Waals surface area contributed by atoms with Crippen molar-refractivity contribution in [2.24, 2.45) is 0 Å². The van der Waals surface area contributed by atoms with Crippen LogP contribution in [0.3, 0.4) is 0 Å². The van der Waals surface area contributed by atoms with E-state index in [4.69, 9.17) is 15.2 Å². The molecule has 0 unspecified atom stereocenters. The summed E-state index contributed by atoms with van der Waals surface area (Å²) in [6.45, 7) is 0.356. The van der Waals surface area contributed by atoms with Crippen molar-refractivity contribution in [3.63, 3.8) is 0 Å². The van der Waals surface area contributed by atoms with Crippen molar-refractivity contribution in [1.29, 1.82) is 0 Å². The number of phenols is 1. The molecule has 0 aromatic heterocycles. The lowest BCUT2D eigenvalue weighted by Crippen LogP contribution is -1.98.